The Balaban J connectivity index is 1.99. The molecule has 0 saturated heterocycles. The van der Waals surface area contributed by atoms with Crippen molar-refractivity contribution in [3.63, 3.8) is 0 Å². The Labute approximate surface area is 189 Å². The van der Waals surface area contributed by atoms with Crippen LogP contribution in [0.5, 0.6) is 0 Å². The second-order valence-electron chi connectivity index (χ2n) is 10.9. The molecule has 2 heteroatoms. The predicted molar refractivity (Wildman–Crippen MR) is 137 cm³/mol. The van der Waals surface area contributed by atoms with Crippen LogP contribution in [0.3, 0.4) is 0 Å². The van der Waals surface area contributed by atoms with Crippen LogP contribution in [0.1, 0.15) is 57.2 Å². The maximum atomic E-state index is 2.54. The monoisotopic (exact) mass is 419 g/mol. The third-order valence-electron chi connectivity index (χ3n) is 7.39. The molecule has 2 nitrogen and oxygen atoms in total. The molecule has 6 aromatic rings. The van der Waals surface area contributed by atoms with E-state index in [1.807, 2.05) is 0 Å². The molecule has 0 fully saturated rings. The molecule has 3 aromatic carbocycles. The topological polar surface area (TPSA) is 8.29 Å². The van der Waals surface area contributed by atoms with E-state index in [0.29, 0.717) is 5.92 Å². The average Bonchev–Trinajstić information content (AvgIpc) is 3.07. The van der Waals surface area contributed by atoms with Gasteiger partial charge in [0.15, 0.2) is 6.20 Å². The molecule has 6 rings (SSSR count). The lowest BCUT2D eigenvalue weighted by Crippen LogP contribution is -2.29. The Kier molecular flexibility index (Phi) is 3.80. The molecule has 3 heterocycles. The SMILES string of the molecule is Cc1ccc2c3cc(C(C)(C)C)ccc3n3c4cc(C(C)C)cc5cc[n+](C)c(c1c23)c54. The lowest BCUT2D eigenvalue weighted by atomic mass is 9.86. The maximum absolute atomic E-state index is 2.54. The van der Waals surface area contributed by atoms with Gasteiger partial charge in [-0.15, -0.1) is 0 Å². The molecule has 32 heavy (non-hydrogen) atoms. The number of hydrogen-bond acceptors (Lipinski definition) is 0. The molecule has 0 unspecified atom stereocenters. The summed E-state index contributed by atoms with van der Waals surface area (Å²) in [5.74, 6) is 0.483. The summed E-state index contributed by atoms with van der Waals surface area (Å²) in [5.41, 5.74) is 9.54. The van der Waals surface area contributed by atoms with Crippen LogP contribution >= 0.6 is 0 Å². The zero-order valence-corrected chi connectivity index (χ0v) is 20.2. The summed E-state index contributed by atoms with van der Waals surface area (Å²) in [5, 5.41) is 6.76. The normalized spacial score (nSPS) is 13.1. The fourth-order valence-corrected chi connectivity index (χ4v) is 5.54. The van der Waals surface area contributed by atoms with Crippen molar-refractivity contribution in [1.29, 1.82) is 0 Å². The van der Waals surface area contributed by atoms with Crippen molar-refractivity contribution in [1.82, 2.24) is 4.40 Å². The van der Waals surface area contributed by atoms with Crippen LogP contribution in [0, 0.1) is 6.92 Å². The molecule has 0 amide bonds. The van der Waals surface area contributed by atoms with Crippen molar-refractivity contribution < 1.29 is 4.57 Å². The second kappa shape index (κ2) is 6.22. The summed E-state index contributed by atoms with van der Waals surface area (Å²) < 4.78 is 4.85. The Bertz CT molecular complexity index is 1690. The first-order valence-corrected chi connectivity index (χ1v) is 11.7. The molecule has 0 aliphatic rings. The molecule has 0 radical (unpaired) electrons. The van der Waals surface area contributed by atoms with E-state index < -0.39 is 0 Å². The van der Waals surface area contributed by atoms with Gasteiger partial charge >= 0.3 is 0 Å². The molecule has 3 aromatic heterocycles. The van der Waals surface area contributed by atoms with Gasteiger partial charge in [0.25, 0.3) is 0 Å². The van der Waals surface area contributed by atoms with E-state index in [4.69, 9.17) is 0 Å². The van der Waals surface area contributed by atoms with Gasteiger partial charge in [-0.25, -0.2) is 4.57 Å². The summed E-state index contributed by atoms with van der Waals surface area (Å²) in [6.45, 7) is 13.7. The minimum Gasteiger partial charge on any atom is -0.307 e. The van der Waals surface area contributed by atoms with E-state index in [2.05, 4.69) is 112 Å². The number of rotatable bonds is 1. The molecule has 0 aliphatic carbocycles. The standard InChI is InChI=1S/C30H31N2/c1-17(2)20-14-19-12-13-31(7)29-26-18(3)8-10-22-23-16-21(30(4,5)6)9-11-24(23)32(28(22)26)25(15-20)27(19)29/h8-17H,1-7H3/q+1. The van der Waals surface area contributed by atoms with Crippen LogP contribution in [0.2, 0.25) is 0 Å². The van der Waals surface area contributed by atoms with Gasteiger partial charge in [-0.3, -0.25) is 0 Å². The molecular formula is C30H31N2+. The van der Waals surface area contributed by atoms with Crippen LogP contribution in [0.4, 0.5) is 0 Å². The molecule has 0 N–H and O–H groups in total. The average molecular weight is 420 g/mol. The van der Waals surface area contributed by atoms with Gasteiger partial charge in [0.1, 0.15) is 7.05 Å². The van der Waals surface area contributed by atoms with Crippen molar-refractivity contribution in [3.05, 3.63) is 71.4 Å². The molecule has 0 bridgehead atoms. The van der Waals surface area contributed by atoms with E-state index in [9.17, 15) is 0 Å². The highest BCUT2D eigenvalue weighted by Crippen LogP contribution is 2.42. The lowest BCUT2D eigenvalue weighted by molar-refractivity contribution is -0.643. The maximum Gasteiger partial charge on any atom is 0.224 e. The van der Waals surface area contributed by atoms with Gasteiger partial charge in [0.05, 0.1) is 27.3 Å². The minimum atomic E-state index is 0.122. The molecule has 0 spiro atoms. The van der Waals surface area contributed by atoms with Gasteiger partial charge in [0.2, 0.25) is 5.52 Å². The van der Waals surface area contributed by atoms with Crippen molar-refractivity contribution in [2.45, 2.75) is 52.9 Å². The first-order valence-electron chi connectivity index (χ1n) is 11.7. The summed E-state index contributed by atoms with van der Waals surface area (Å²) in [6.07, 6.45) is 2.22. The van der Waals surface area contributed by atoms with E-state index in [0.717, 1.165) is 0 Å². The number of hydrogen-bond donors (Lipinski definition) is 0. The Morgan fingerprint density at radius 2 is 1.62 bits per heavy atom. The quantitative estimate of drug-likeness (QED) is 0.148. The van der Waals surface area contributed by atoms with Crippen LogP contribution in [0.25, 0.3) is 49.0 Å². The summed E-state index contributed by atoms with van der Waals surface area (Å²) in [7, 11) is 2.18. The van der Waals surface area contributed by atoms with Crippen molar-refractivity contribution in [2.75, 3.05) is 0 Å². The molecule has 0 saturated carbocycles. The number of nitrogens with zero attached hydrogens (tertiary/aromatic N) is 2. The smallest absolute Gasteiger partial charge is 0.224 e. The predicted octanol–water partition coefficient (Wildman–Crippen LogP) is 7.54. The highest BCUT2D eigenvalue weighted by Gasteiger charge is 2.25. The highest BCUT2D eigenvalue weighted by atomic mass is 15.0. The lowest BCUT2D eigenvalue weighted by Gasteiger charge is -2.19. The van der Waals surface area contributed by atoms with Crippen LogP contribution < -0.4 is 4.57 Å². The molecule has 0 atom stereocenters. The minimum absolute atomic E-state index is 0.122. The number of fused-ring (bicyclic) bond motifs is 5. The number of aryl methyl sites for hydroxylation is 2. The van der Waals surface area contributed by atoms with E-state index >= 15 is 0 Å². The zero-order chi connectivity index (χ0) is 22.5. The molecule has 0 aliphatic heterocycles. The largest absolute Gasteiger partial charge is 0.307 e. The van der Waals surface area contributed by atoms with Gasteiger partial charge < -0.3 is 4.40 Å². The number of pyridine rings is 2. The van der Waals surface area contributed by atoms with Crippen LogP contribution in [-0.2, 0) is 12.5 Å². The summed E-state index contributed by atoms with van der Waals surface area (Å²) in [6, 6.07) is 18.8. The van der Waals surface area contributed by atoms with E-state index in [1.54, 1.807) is 0 Å². The van der Waals surface area contributed by atoms with Gasteiger partial charge in [-0.2, -0.15) is 0 Å². The fraction of sp³-hybridized carbons (Fsp3) is 0.300. The highest BCUT2D eigenvalue weighted by molar-refractivity contribution is 6.25. The Morgan fingerprint density at radius 1 is 0.844 bits per heavy atom. The third kappa shape index (κ3) is 2.44. The fourth-order valence-electron chi connectivity index (χ4n) is 5.54. The second-order valence-corrected chi connectivity index (χ2v) is 10.9. The van der Waals surface area contributed by atoms with Crippen molar-refractivity contribution in [2.24, 2.45) is 7.05 Å². The number of benzene rings is 3. The van der Waals surface area contributed by atoms with Gasteiger partial charge in [0, 0.05) is 16.8 Å². The van der Waals surface area contributed by atoms with Gasteiger partial charge in [-0.1, -0.05) is 58.9 Å². The van der Waals surface area contributed by atoms with E-state index in [-0.39, 0.29) is 5.41 Å². The van der Waals surface area contributed by atoms with E-state index in [1.165, 1.54) is 65.7 Å². The molecular weight excluding hydrogens is 388 g/mol. The first-order chi connectivity index (χ1) is 15.2. The van der Waals surface area contributed by atoms with Crippen molar-refractivity contribution in [3.8, 4) is 0 Å². The van der Waals surface area contributed by atoms with Gasteiger partial charge in [-0.05, 0) is 58.5 Å². The Hall–Kier alpha value is -3.13. The summed E-state index contributed by atoms with van der Waals surface area (Å²) >= 11 is 0. The van der Waals surface area contributed by atoms with Crippen LogP contribution in [0.15, 0.2) is 54.7 Å². The Morgan fingerprint density at radius 3 is 2.34 bits per heavy atom. The van der Waals surface area contributed by atoms with Crippen LogP contribution in [-0.4, -0.2) is 4.40 Å². The number of aromatic nitrogens is 2. The third-order valence-corrected chi connectivity index (χ3v) is 7.39. The first kappa shape index (κ1) is 19.5. The summed E-state index contributed by atoms with van der Waals surface area (Å²) in [4.78, 5) is 0. The molecule has 160 valence electrons. The van der Waals surface area contributed by atoms with Crippen molar-refractivity contribution >= 4 is 49.0 Å². The zero-order valence-electron chi connectivity index (χ0n) is 20.2.